The minimum absolute atomic E-state index is 0.406. The van der Waals surface area contributed by atoms with Gasteiger partial charge in [-0.25, -0.2) is 0 Å². The van der Waals surface area contributed by atoms with Crippen LogP contribution in [0, 0.1) is 5.92 Å². The van der Waals surface area contributed by atoms with Crippen LogP contribution in [0.5, 0.6) is 0 Å². The Morgan fingerprint density at radius 1 is 1.16 bits per heavy atom. The third-order valence-corrected chi connectivity index (χ3v) is 3.90. The minimum Gasteiger partial charge on any atom is -0.312 e. The van der Waals surface area contributed by atoms with E-state index in [0.29, 0.717) is 12.1 Å². The number of hydrogen-bond donors (Lipinski definition) is 1. The first-order chi connectivity index (χ1) is 9.10. The molecule has 1 aromatic rings. The van der Waals surface area contributed by atoms with Crippen molar-refractivity contribution in [1.82, 2.24) is 10.2 Å². The van der Waals surface area contributed by atoms with Crippen LogP contribution in [0.15, 0.2) is 30.3 Å². The summed E-state index contributed by atoms with van der Waals surface area (Å²) in [5, 5.41) is 3.50. The number of hydrogen-bond acceptors (Lipinski definition) is 2. The van der Waals surface area contributed by atoms with Gasteiger partial charge in [-0.1, -0.05) is 51.1 Å². The quantitative estimate of drug-likeness (QED) is 0.768. The van der Waals surface area contributed by atoms with E-state index in [1.54, 1.807) is 0 Å². The fraction of sp³-hybridized carbons (Fsp3) is 0.647. The topological polar surface area (TPSA) is 15.3 Å². The van der Waals surface area contributed by atoms with Crippen molar-refractivity contribution in [2.75, 3.05) is 20.6 Å². The van der Waals surface area contributed by atoms with E-state index in [0.717, 1.165) is 12.3 Å². The molecule has 0 aromatic heterocycles. The molecule has 0 aliphatic heterocycles. The Morgan fingerprint density at radius 3 is 2.26 bits per heavy atom. The van der Waals surface area contributed by atoms with Crippen molar-refractivity contribution in [2.24, 2.45) is 5.92 Å². The summed E-state index contributed by atoms with van der Waals surface area (Å²) in [6, 6.07) is 11.7. The Balaban J connectivity index is 2.75. The van der Waals surface area contributed by atoms with Crippen molar-refractivity contribution < 1.29 is 0 Å². The summed E-state index contributed by atoms with van der Waals surface area (Å²) in [6.07, 6.45) is 2.42. The monoisotopic (exact) mass is 262 g/mol. The maximum Gasteiger partial charge on any atom is 0.0475 e. The summed E-state index contributed by atoms with van der Waals surface area (Å²) in [5.41, 5.74) is 1.38. The first-order valence-corrected chi connectivity index (χ1v) is 7.52. The van der Waals surface area contributed by atoms with Crippen molar-refractivity contribution in [2.45, 2.75) is 45.7 Å². The Morgan fingerprint density at radius 2 is 1.79 bits per heavy atom. The molecule has 0 heterocycles. The summed E-state index contributed by atoms with van der Waals surface area (Å²) in [7, 11) is 4.32. The highest BCUT2D eigenvalue weighted by Crippen LogP contribution is 2.22. The normalized spacial score (nSPS) is 14.9. The van der Waals surface area contributed by atoms with E-state index in [9.17, 15) is 0 Å². The third-order valence-electron chi connectivity index (χ3n) is 3.90. The summed E-state index contributed by atoms with van der Waals surface area (Å²) in [5.74, 6) is 0.768. The van der Waals surface area contributed by atoms with Crippen molar-refractivity contribution in [3.63, 3.8) is 0 Å². The predicted octanol–water partition coefficient (Wildman–Crippen LogP) is 3.70. The van der Waals surface area contributed by atoms with Crippen LogP contribution in [0.2, 0.25) is 0 Å². The van der Waals surface area contributed by atoms with Crippen LogP contribution in [0.25, 0.3) is 0 Å². The molecule has 0 aliphatic carbocycles. The zero-order chi connectivity index (χ0) is 14.3. The van der Waals surface area contributed by atoms with Gasteiger partial charge in [0, 0.05) is 12.1 Å². The van der Waals surface area contributed by atoms with Crippen LogP contribution in [-0.2, 0) is 0 Å². The van der Waals surface area contributed by atoms with Crippen LogP contribution < -0.4 is 5.32 Å². The highest BCUT2D eigenvalue weighted by molar-refractivity contribution is 5.20. The zero-order valence-corrected chi connectivity index (χ0v) is 13.2. The molecule has 2 heteroatoms. The molecule has 0 saturated carbocycles. The molecule has 19 heavy (non-hydrogen) atoms. The number of rotatable bonds is 8. The second-order valence-electron chi connectivity index (χ2n) is 5.82. The van der Waals surface area contributed by atoms with Crippen LogP contribution >= 0.6 is 0 Å². The van der Waals surface area contributed by atoms with Gasteiger partial charge in [0.25, 0.3) is 0 Å². The average Bonchev–Trinajstić information content (AvgIpc) is 2.42. The molecule has 0 fully saturated rings. The van der Waals surface area contributed by atoms with E-state index in [1.807, 2.05) is 0 Å². The lowest BCUT2D eigenvalue weighted by atomic mass is 9.96. The molecule has 1 N–H and O–H groups in total. The highest BCUT2D eigenvalue weighted by Gasteiger charge is 2.23. The predicted molar refractivity (Wildman–Crippen MR) is 84.4 cm³/mol. The zero-order valence-electron chi connectivity index (χ0n) is 13.2. The maximum absolute atomic E-state index is 3.50. The molecule has 0 spiro atoms. The molecule has 108 valence electrons. The molecule has 0 bridgehead atoms. The Kier molecular flexibility index (Phi) is 7.11. The summed E-state index contributed by atoms with van der Waals surface area (Å²) < 4.78 is 0. The van der Waals surface area contributed by atoms with E-state index in [-0.39, 0.29) is 0 Å². The van der Waals surface area contributed by atoms with E-state index >= 15 is 0 Å². The lowest BCUT2D eigenvalue weighted by Crippen LogP contribution is -2.42. The molecule has 0 saturated heterocycles. The van der Waals surface area contributed by atoms with E-state index in [4.69, 9.17) is 0 Å². The number of nitrogens with one attached hydrogen (secondary N) is 1. The van der Waals surface area contributed by atoms with Gasteiger partial charge in [-0.05, 0) is 45.0 Å². The van der Waals surface area contributed by atoms with Crippen LogP contribution in [0.4, 0.5) is 0 Å². The number of likely N-dealkylation sites (N-methyl/N-ethyl adjacent to an activating group) is 2. The molecule has 1 aromatic carbocycles. The van der Waals surface area contributed by atoms with Gasteiger partial charge in [0.15, 0.2) is 0 Å². The third kappa shape index (κ3) is 4.96. The lowest BCUT2D eigenvalue weighted by Gasteiger charge is -2.34. The standard InChI is InChI=1S/C17H30N2/c1-6-16(19(5)13-12-14(2)3)17(18-4)15-10-8-7-9-11-15/h7-11,14,16-18H,6,12-13H2,1-5H3. The molecule has 0 radical (unpaired) electrons. The van der Waals surface area contributed by atoms with Crippen LogP contribution in [0.3, 0.4) is 0 Å². The van der Waals surface area contributed by atoms with Crippen molar-refractivity contribution in [1.29, 1.82) is 0 Å². The van der Waals surface area contributed by atoms with Gasteiger partial charge in [0.05, 0.1) is 0 Å². The maximum atomic E-state index is 3.50. The fourth-order valence-corrected chi connectivity index (χ4v) is 2.67. The molecular weight excluding hydrogens is 232 g/mol. The lowest BCUT2D eigenvalue weighted by molar-refractivity contribution is 0.182. The van der Waals surface area contributed by atoms with Gasteiger partial charge in [0.1, 0.15) is 0 Å². The first-order valence-electron chi connectivity index (χ1n) is 7.52. The molecule has 0 aliphatic rings. The number of nitrogens with zero attached hydrogens (tertiary/aromatic N) is 1. The minimum atomic E-state index is 0.406. The smallest absolute Gasteiger partial charge is 0.0475 e. The summed E-state index contributed by atoms with van der Waals surface area (Å²) in [4.78, 5) is 2.51. The second-order valence-corrected chi connectivity index (χ2v) is 5.82. The fourth-order valence-electron chi connectivity index (χ4n) is 2.67. The van der Waals surface area contributed by atoms with E-state index < -0.39 is 0 Å². The van der Waals surface area contributed by atoms with Crippen molar-refractivity contribution in [3.05, 3.63) is 35.9 Å². The van der Waals surface area contributed by atoms with Crippen LogP contribution in [0.1, 0.15) is 45.2 Å². The Bertz CT molecular complexity index is 334. The van der Waals surface area contributed by atoms with E-state index in [1.165, 1.54) is 18.5 Å². The molecular formula is C17H30N2. The van der Waals surface area contributed by atoms with Gasteiger partial charge >= 0.3 is 0 Å². The largest absolute Gasteiger partial charge is 0.312 e. The second kappa shape index (κ2) is 8.34. The van der Waals surface area contributed by atoms with E-state index in [2.05, 4.69) is 75.4 Å². The number of benzene rings is 1. The SMILES string of the molecule is CCC(C(NC)c1ccccc1)N(C)CCC(C)C. The highest BCUT2D eigenvalue weighted by atomic mass is 15.2. The molecule has 0 amide bonds. The van der Waals surface area contributed by atoms with Gasteiger partial charge < -0.3 is 10.2 Å². The average molecular weight is 262 g/mol. The van der Waals surface area contributed by atoms with Gasteiger partial charge in [-0.15, -0.1) is 0 Å². The molecule has 2 atom stereocenters. The van der Waals surface area contributed by atoms with Crippen molar-refractivity contribution in [3.8, 4) is 0 Å². The molecule has 1 rings (SSSR count). The van der Waals surface area contributed by atoms with Crippen LogP contribution in [-0.4, -0.2) is 31.6 Å². The molecule has 2 unspecified atom stereocenters. The Labute approximate surface area is 119 Å². The van der Waals surface area contributed by atoms with Crippen molar-refractivity contribution >= 4 is 0 Å². The Hall–Kier alpha value is -0.860. The van der Waals surface area contributed by atoms with Gasteiger partial charge in [0.2, 0.25) is 0 Å². The molecule has 2 nitrogen and oxygen atoms in total. The first kappa shape index (κ1) is 16.2. The van der Waals surface area contributed by atoms with Gasteiger partial charge in [-0.3, -0.25) is 0 Å². The summed E-state index contributed by atoms with van der Waals surface area (Å²) >= 11 is 0. The van der Waals surface area contributed by atoms with Gasteiger partial charge in [-0.2, -0.15) is 0 Å². The summed E-state index contributed by atoms with van der Waals surface area (Å²) in [6.45, 7) is 8.04.